The Labute approximate surface area is 218 Å². The fourth-order valence-electron chi connectivity index (χ4n) is 6.08. The fourth-order valence-corrected chi connectivity index (χ4v) is 6.97. The van der Waals surface area contributed by atoms with Crippen LogP contribution in [0.15, 0.2) is 24.3 Å². The lowest BCUT2D eigenvalue weighted by atomic mass is 9.86. The second-order valence-electron chi connectivity index (χ2n) is 12.3. The number of benzene rings is 1. The Morgan fingerprint density at radius 3 is 2.54 bits per heavy atom. The van der Waals surface area contributed by atoms with Crippen LogP contribution in [0.3, 0.4) is 0 Å². The van der Waals surface area contributed by atoms with E-state index in [1.807, 2.05) is 24.3 Å². The summed E-state index contributed by atoms with van der Waals surface area (Å²) in [6.45, 7) is 9.78. The van der Waals surface area contributed by atoms with E-state index < -0.39 is 51.6 Å². The van der Waals surface area contributed by atoms with Crippen LogP contribution in [0.25, 0.3) is 0 Å². The van der Waals surface area contributed by atoms with Crippen LogP contribution in [0.2, 0.25) is 0 Å². The van der Waals surface area contributed by atoms with Crippen LogP contribution >= 0.6 is 0 Å². The van der Waals surface area contributed by atoms with E-state index in [2.05, 4.69) is 35.3 Å². The molecule has 2 heterocycles. The molecule has 4 N–H and O–H groups in total. The van der Waals surface area contributed by atoms with E-state index in [-0.39, 0.29) is 29.6 Å². The molecule has 0 aromatic heterocycles. The Hall–Kier alpha value is -2.68. The molecule has 0 spiro atoms. The van der Waals surface area contributed by atoms with Crippen molar-refractivity contribution in [2.24, 2.45) is 22.7 Å². The van der Waals surface area contributed by atoms with Crippen molar-refractivity contribution in [1.29, 1.82) is 5.26 Å². The number of fused-ring (bicyclic) bond motifs is 2. The molecule has 2 fully saturated rings. The van der Waals surface area contributed by atoms with Gasteiger partial charge in [-0.3, -0.25) is 9.59 Å². The first-order chi connectivity index (χ1) is 17.1. The lowest BCUT2D eigenvalue weighted by Crippen LogP contribution is -2.59. The molecule has 3 aliphatic rings. The van der Waals surface area contributed by atoms with Crippen molar-refractivity contribution in [2.45, 2.75) is 71.3 Å². The van der Waals surface area contributed by atoms with Gasteiger partial charge in [0.2, 0.25) is 21.8 Å². The number of carbonyl (C=O) groups excluding carboxylic acids is 2. The monoisotopic (exact) mass is 531 g/mol. The largest absolute Gasteiger partial charge is 0.373 e. The molecule has 1 saturated heterocycles. The number of rotatable bonds is 7. The zero-order chi connectivity index (χ0) is 27.5. The van der Waals surface area contributed by atoms with Gasteiger partial charge in [0.15, 0.2) is 0 Å². The number of nitriles is 1. The summed E-state index contributed by atoms with van der Waals surface area (Å²) in [4.78, 5) is 28.8. The van der Waals surface area contributed by atoms with Crippen molar-refractivity contribution in [3.8, 4) is 6.07 Å². The van der Waals surface area contributed by atoms with E-state index in [9.17, 15) is 28.4 Å². The number of hydrogen-bond donors (Lipinski definition) is 4. The average Bonchev–Trinajstić information content (AvgIpc) is 3.10. The summed E-state index contributed by atoms with van der Waals surface area (Å²) in [6, 6.07) is 6.86. The van der Waals surface area contributed by atoms with Crippen molar-refractivity contribution in [1.82, 2.24) is 14.9 Å². The SMILES string of the molecule is CC(C)(C)[C@H](NS(C)(=O)=O)C(=O)N1C[C@H]2[C@@H]([C@H]1C(=O)N[C@H](C#N)CC1c3ccccc3NC1O)C2(C)C. The van der Waals surface area contributed by atoms with E-state index in [0.29, 0.717) is 6.54 Å². The number of aliphatic hydroxyl groups excluding tert-OH is 1. The quantitative estimate of drug-likeness (QED) is 0.415. The highest BCUT2D eigenvalue weighted by Crippen LogP contribution is 2.65. The zero-order valence-corrected chi connectivity index (χ0v) is 23.0. The maximum Gasteiger partial charge on any atom is 0.244 e. The topological polar surface area (TPSA) is 152 Å². The highest BCUT2D eigenvalue weighted by atomic mass is 32.2. The van der Waals surface area contributed by atoms with E-state index in [0.717, 1.165) is 17.5 Å². The molecular formula is C26H37N5O5S. The van der Waals surface area contributed by atoms with Crippen molar-refractivity contribution < 1.29 is 23.1 Å². The molecule has 7 atom stereocenters. The maximum atomic E-state index is 13.7. The number of sulfonamides is 1. The van der Waals surface area contributed by atoms with Crippen molar-refractivity contribution in [3.63, 3.8) is 0 Å². The predicted molar refractivity (Wildman–Crippen MR) is 138 cm³/mol. The van der Waals surface area contributed by atoms with Gasteiger partial charge in [-0.1, -0.05) is 52.8 Å². The standard InChI is InChI=1S/C26H37N5O5S/c1-25(2,3)21(30-37(6,35)36)24(34)31-13-17-19(26(17,4)5)20(31)23(33)28-14(12-27)11-16-15-9-7-8-10-18(15)29-22(16)32/h7-10,14,16-17,19-22,29-30,32H,11,13H2,1-6H3,(H,28,33)/t14-,16?,17-,19-,20-,21+,22?/m0/s1. The van der Waals surface area contributed by atoms with Gasteiger partial charge in [-0.05, 0) is 40.7 Å². The van der Waals surface area contributed by atoms with Crippen LogP contribution in [-0.4, -0.2) is 67.4 Å². The molecule has 11 heteroatoms. The first-order valence-electron chi connectivity index (χ1n) is 12.6. The van der Waals surface area contributed by atoms with Gasteiger partial charge in [0.05, 0.1) is 12.3 Å². The fraction of sp³-hybridized carbons (Fsp3) is 0.654. The first-order valence-corrected chi connectivity index (χ1v) is 14.5. The van der Waals surface area contributed by atoms with Crippen LogP contribution in [-0.2, 0) is 19.6 Å². The summed E-state index contributed by atoms with van der Waals surface area (Å²) in [5, 5.41) is 26.2. The van der Waals surface area contributed by atoms with Gasteiger partial charge in [-0.25, -0.2) is 13.1 Å². The predicted octanol–water partition coefficient (Wildman–Crippen LogP) is 1.36. The molecule has 1 saturated carbocycles. The van der Waals surface area contributed by atoms with Gasteiger partial charge in [0, 0.05) is 18.2 Å². The van der Waals surface area contributed by atoms with Gasteiger partial charge in [0.25, 0.3) is 0 Å². The summed E-state index contributed by atoms with van der Waals surface area (Å²) in [7, 11) is -3.68. The molecule has 4 rings (SSSR count). The molecule has 2 amide bonds. The van der Waals surface area contributed by atoms with Gasteiger partial charge in [0.1, 0.15) is 24.4 Å². The molecule has 1 aromatic carbocycles. The minimum atomic E-state index is -3.68. The van der Waals surface area contributed by atoms with Crippen LogP contribution in [0.4, 0.5) is 5.69 Å². The van der Waals surface area contributed by atoms with Crippen LogP contribution in [0.5, 0.6) is 0 Å². The molecule has 10 nitrogen and oxygen atoms in total. The van der Waals surface area contributed by atoms with Crippen molar-refractivity contribution in [3.05, 3.63) is 29.8 Å². The molecule has 2 unspecified atom stereocenters. The maximum absolute atomic E-state index is 13.7. The first kappa shape index (κ1) is 27.4. The number of carbonyl (C=O) groups is 2. The van der Waals surface area contributed by atoms with Crippen molar-refractivity contribution in [2.75, 3.05) is 18.1 Å². The Morgan fingerprint density at radius 1 is 1.30 bits per heavy atom. The number of nitrogens with one attached hydrogen (secondary N) is 3. The summed E-state index contributed by atoms with van der Waals surface area (Å²) in [5.41, 5.74) is 0.806. The van der Waals surface area contributed by atoms with Crippen molar-refractivity contribution >= 4 is 27.5 Å². The Balaban J connectivity index is 1.54. The smallest absolute Gasteiger partial charge is 0.244 e. The number of amides is 2. The van der Waals surface area contributed by atoms with Crippen LogP contribution < -0.4 is 15.4 Å². The van der Waals surface area contributed by atoms with Gasteiger partial charge < -0.3 is 20.6 Å². The Bertz CT molecular complexity index is 1230. The third-order valence-electron chi connectivity index (χ3n) is 8.21. The summed E-state index contributed by atoms with van der Waals surface area (Å²) < 4.78 is 26.5. The molecule has 1 aliphatic carbocycles. The van der Waals surface area contributed by atoms with Gasteiger partial charge >= 0.3 is 0 Å². The number of hydrogen-bond acceptors (Lipinski definition) is 7. The Morgan fingerprint density at radius 2 is 1.95 bits per heavy atom. The number of nitrogens with zero attached hydrogens (tertiary/aromatic N) is 2. The van der Waals surface area contributed by atoms with Gasteiger partial charge in [-0.2, -0.15) is 5.26 Å². The molecule has 1 aromatic rings. The third-order valence-corrected chi connectivity index (χ3v) is 8.88. The number of aliphatic hydroxyl groups is 1. The highest BCUT2D eigenvalue weighted by molar-refractivity contribution is 7.88. The van der Waals surface area contributed by atoms with E-state index in [1.54, 1.807) is 20.8 Å². The zero-order valence-electron chi connectivity index (χ0n) is 22.1. The van der Waals surface area contributed by atoms with E-state index in [1.165, 1.54) is 4.90 Å². The molecule has 2 aliphatic heterocycles. The molecule has 37 heavy (non-hydrogen) atoms. The average molecular weight is 532 g/mol. The lowest BCUT2D eigenvalue weighted by Gasteiger charge is -2.37. The minimum absolute atomic E-state index is 0.0888. The normalized spacial score (nSPS) is 29.4. The van der Waals surface area contributed by atoms with Crippen LogP contribution in [0, 0.1) is 34.0 Å². The van der Waals surface area contributed by atoms with Crippen LogP contribution in [0.1, 0.15) is 52.5 Å². The highest BCUT2D eigenvalue weighted by Gasteiger charge is 2.69. The molecular weight excluding hydrogens is 494 g/mol. The van der Waals surface area contributed by atoms with E-state index >= 15 is 0 Å². The second kappa shape index (κ2) is 9.26. The second-order valence-corrected chi connectivity index (χ2v) is 14.1. The number of para-hydroxylation sites is 1. The number of anilines is 1. The van der Waals surface area contributed by atoms with E-state index in [4.69, 9.17) is 0 Å². The number of piperidine rings is 1. The Kier molecular flexibility index (Phi) is 6.84. The molecule has 0 bridgehead atoms. The molecule has 0 radical (unpaired) electrons. The number of likely N-dealkylation sites (tertiary alicyclic amines) is 1. The summed E-state index contributed by atoms with van der Waals surface area (Å²) >= 11 is 0. The van der Waals surface area contributed by atoms with Gasteiger partial charge in [-0.15, -0.1) is 0 Å². The summed E-state index contributed by atoms with van der Waals surface area (Å²) in [5.74, 6) is -1.23. The lowest BCUT2D eigenvalue weighted by molar-refractivity contribution is -0.143. The third kappa shape index (κ3) is 5.19. The summed E-state index contributed by atoms with van der Waals surface area (Å²) in [6.07, 6.45) is 0.331. The molecule has 202 valence electrons. The minimum Gasteiger partial charge on any atom is -0.373 e.